The van der Waals surface area contributed by atoms with Crippen LogP contribution in [0.1, 0.15) is 50.7 Å². The summed E-state index contributed by atoms with van der Waals surface area (Å²) in [5.41, 5.74) is 3.55. The lowest BCUT2D eigenvalue weighted by Gasteiger charge is -2.39. The number of ketones is 1. The van der Waals surface area contributed by atoms with E-state index in [1.54, 1.807) is 25.1 Å². The molecule has 160 valence electrons. The number of benzene rings is 2. The van der Waals surface area contributed by atoms with Crippen molar-refractivity contribution in [3.63, 3.8) is 0 Å². The molecule has 31 heavy (non-hydrogen) atoms. The van der Waals surface area contributed by atoms with Gasteiger partial charge in [-0.1, -0.05) is 50.2 Å². The first-order valence-electron chi connectivity index (χ1n) is 10.6. The number of hydrogen-bond donors (Lipinski definition) is 1. The normalized spacial score (nSPS) is 22.6. The third kappa shape index (κ3) is 3.97. The van der Waals surface area contributed by atoms with Gasteiger partial charge in [0.1, 0.15) is 5.82 Å². The molecule has 2 aromatic rings. The van der Waals surface area contributed by atoms with Crippen molar-refractivity contribution in [2.75, 3.05) is 5.32 Å². The molecule has 0 spiro atoms. The van der Waals surface area contributed by atoms with Crippen LogP contribution in [0.2, 0.25) is 0 Å². The van der Waals surface area contributed by atoms with Gasteiger partial charge in [0.05, 0.1) is 5.92 Å². The molecule has 2 atom stereocenters. The van der Waals surface area contributed by atoms with E-state index in [1.165, 1.54) is 6.07 Å². The number of halogens is 1. The van der Waals surface area contributed by atoms with Gasteiger partial charge in [-0.3, -0.25) is 14.6 Å². The molecule has 2 aliphatic rings. The molecule has 0 saturated heterocycles. The number of nitrogens with zero attached hydrogens (tertiary/aromatic N) is 1. The number of aliphatic imine (C=N–C) groups is 1. The van der Waals surface area contributed by atoms with Crippen molar-refractivity contribution in [1.82, 2.24) is 0 Å². The van der Waals surface area contributed by atoms with Crippen molar-refractivity contribution in [3.05, 3.63) is 76.7 Å². The largest absolute Gasteiger partial charge is 0.325 e. The lowest BCUT2D eigenvalue weighted by Crippen LogP contribution is -2.41. The molecule has 0 aromatic heterocycles. The molecule has 5 heteroatoms. The summed E-state index contributed by atoms with van der Waals surface area (Å²) in [5.74, 6) is -2.21. The maximum absolute atomic E-state index is 15.0. The summed E-state index contributed by atoms with van der Waals surface area (Å²) in [4.78, 5) is 31.4. The first-order chi connectivity index (χ1) is 14.7. The predicted octanol–water partition coefficient (Wildman–Crippen LogP) is 5.59. The quantitative estimate of drug-likeness (QED) is 0.706. The van der Waals surface area contributed by atoms with Crippen LogP contribution >= 0.6 is 0 Å². The van der Waals surface area contributed by atoms with E-state index in [0.29, 0.717) is 41.1 Å². The molecule has 1 unspecified atom stereocenters. The standard InChI is InChI=1S/C26H27FN2O2/c1-15-9-5-8-12-19(15)29-25(31)22-16(2)28-20-13-26(3,4)14-21(30)24(20)23(22)17-10-6-7-11-18(17)27/h5-12,22-23H,13-14H2,1-4H3,(H,29,31)/t22?,23-/m0/s1. The van der Waals surface area contributed by atoms with Crippen LogP contribution in [0.5, 0.6) is 0 Å². The fraction of sp³-hybridized carbons (Fsp3) is 0.346. The van der Waals surface area contributed by atoms with Gasteiger partial charge in [-0.05, 0) is 48.9 Å². The molecular weight excluding hydrogens is 391 g/mol. The Hall–Kier alpha value is -3.08. The van der Waals surface area contributed by atoms with Crippen molar-refractivity contribution in [2.45, 2.75) is 46.5 Å². The number of carbonyl (C=O) groups is 2. The SMILES string of the molecule is CC1=NC2=C(C(=O)CC(C)(C)C2)[C@@H](c2ccccc2F)C1C(=O)Nc1ccccc1C. The summed E-state index contributed by atoms with van der Waals surface area (Å²) in [5, 5.41) is 2.98. The lowest BCUT2D eigenvalue weighted by molar-refractivity contribution is -0.119. The molecule has 1 heterocycles. The number of anilines is 1. The average Bonchev–Trinajstić information content (AvgIpc) is 2.68. The molecule has 1 aliphatic heterocycles. The van der Waals surface area contributed by atoms with Crippen molar-refractivity contribution in [3.8, 4) is 0 Å². The van der Waals surface area contributed by atoms with Crippen molar-refractivity contribution in [2.24, 2.45) is 16.3 Å². The van der Waals surface area contributed by atoms with Gasteiger partial charge in [0, 0.05) is 35.0 Å². The molecule has 4 nitrogen and oxygen atoms in total. The van der Waals surface area contributed by atoms with Crippen molar-refractivity contribution >= 4 is 23.1 Å². The second kappa shape index (κ2) is 7.88. The zero-order valence-electron chi connectivity index (χ0n) is 18.3. The predicted molar refractivity (Wildman–Crippen MR) is 121 cm³/mol. The Morgan fingerprint density at radius 3 is 2.45 bits per heavy atom. The van der Waals surface area contributed by atoms with Gasteiger partial charge in [-0.25, -0.2) is 4.39 Å². The molecule has 0 saturated carbocycles. The Balaban J connectivity index is 1.83. The van der Waals surface area contributed by atoms with Crippen LogP contribution in [0.25, 0.3) is 0 Å². The summed E-state index contributed by atoms with van der Waals surface area (Å²) in [7, 11) is 0. The summed E-state index contributed by atoms with van der Waals surface area (Å²) < 4.78 is 15.0. The Morgan fingerprint density at radius 1 is 1.06 bits per heavy atom. The van der Waals surface area contributed by atoms with Crippen LogP contribution in [0.4, 0.5) is 10.1 Å². The number of allylic oxidation sites excluding steroid dienone is 2. The van der Waals surface area contributed by atoms with E-state index >= 15 is 0 Å². The first-order valence-corrected chi connectivity index (χ1v) is 10.6. The third-order valence-electron chi connectivity index (χ3n) is 6.23. The van der Waals surface area contributed by atoms with Gasteiger partial charge in [0.2, 0.25) is 5.91 Å². The van der Waals surface area contributed by atoms with Gasteiger partial charge in [-0.2, -0.15) is 0 Å². The monoisotopic (exact) mass is 418 g/mol. The highest BCUT2D eigenvalue weighted by atomic mass is 19.1. The highest BCUT2D eigenvalue weighted by molar-refractivity contribution is 6.13. The molecular formula is C26H27FN2O2. The maximum Gasteiger partial charge on any atom is 0.234 e. The molecule has 1 amide bonds. The minimum absolute atomic E-state index is 0.0514. The molecule has 0 radical (unpaired) electrons. The highest BCUT2D eigenvalue weighted by Gasteiger charge is 2.46. The van der Waals surface area contributed by atoms with Crippen molar-refractivity contribution in [1.29, 1.82) is 0 Å². The Kier molecular flexibility index (Phi) is 5.38. The van der Waals surface area contributed by atoms with Crippen molar-refractivity contribution < 1.29 is 14.0 Å². The third-order valence-corrected chi connectivity index (χ3v) is 6.23. The molecule has 1 N–H and O–H groups in total. The summed E-state index contributed by atoms with van der Waals surface area (Å²) in [6.45, 7) is 7.79. The van der Waals surface area contributed by atoms with E-state index in [2.05, 4.69) is 5.32 Å². The number of amides is 1. The van der Waals surface area contributed by atoms with E-state index in [9.17, 15) is 14.0 Å². The summed E-state index contributed by atoms with van der Waals surface area (Å²) >= 11 is 0. The van der Waals surface area contributed by atoms with Crippen LogP contribution in [-0.2, 0) is 9.59 Å². The van der Waals surface area contributed by atoms with E-state index in [-0.39, 0.29) is 17.1 Å². The number of carbonyl (C=O) groups excluding carboxylic acids is 2. The Bertz CT molecular complexity index is 1130. The zero-order valence-corrected chi connectivity index (χ0v) is 18.3. The minimum atomic E-state index is -0.764. The number of Topliss-reactive ketones (excluding diaryl/α,β-unsaturated/α-hetero) is 1. The second-order valence-corrected chi connectivity index (χ2v) is 9.34. The van der Waals surface area contributed by atoms with E-state index in [1.807, 2.05) is 45.0 Å². The van der Waals surface area contributed by atoms with Gasteiger partial charge in [0.25, 0.3) is 0 Å². The van der Waals surface area contributed by atoms with E-state index in [0.717, 1.165) is 5.56 Å². The number of hydrogen-bond acceptors (Lipinski definition) is 3. The number of para-hydroxylation sites is 1. The van der Waals surface area contributed by atoms with Crippen LogP contribution < -0.4 is 5.32 Å². The molecule has 0 bridgehead atoms. The van der Waals surface area contributed by atoms with Crippen LogP contribution in [0.15, 0.2) is 64.8 Å². The topological polar surface area (TPSA) is 58.5 Å². The highest BCUT2D eigenvalue weighted by Crippen LogP contribution is 2.48. The minimum Gasteiger partial charge on any atom is -0.325 e. The van der Waals surface area contributed by atoms with Crippen LogP contribution in [0, 0.1) is 24.1 Å². The number of rotatable bonds is 3. The average molecular weight is 419 g/mol. The van der Waals surface area contributed by atoms with Gasteiger partial charge >= 0.3 is 0 Å². The van der Waals surface area contributed by atoms with Crippen LogP contribution in [0.3, 0.4) is 0 Å². The first kappa shape index (κ1) is 21.2. The van der Waals surface area contributed by atoms with E-state index < -0.39 is 17.7 Å². The van der Waals surface area contributed by atoms with Crippen LogP contribution in [-0.4, -0.2) is 17.4 Å². The van der Waals surface area contributed by atoms with Gasteiger partial charge in [0.15, 0.2) is 5.78 Å². The Labute approximate surface area is 182 Å². The smallest absolute Gasteiger partial charge is 0.234 e. The van der Waals surface area contributed by atoms with Gasteiger partial charge < -0.3 is 5.32 Å². The molecule has 4 rings (SSSR count). The molecule has 1 aliphatic carbocycles. The summed E-state index contributed by atoms with van der Waals surface area (Å²) in [6, 6.07) is 13.9. The fourth-order valence-electron chi connectivity index (χ4n) is 4.77. The lowest BCUT2D eigenvalue weighted by atomic mass is 9.66. The maximum atomic E-state index is 15.0. The molecule has 2 aromatic carbocycles. The number of nitrogens with one attached hydrogen (secondary N) is 1. The Morgan fingerprint density at radius 2 is 1.74 bits per heavy atom. The zero-order chi connectivity index (χ0) is 22.3. The molecule has 0 fully saturated rings. The van der Waals surface area contributed by atoms with E-state index in [4.69, 9.17) is 4.99 Å². The fourth-order valence-corrected chi connectivity index (χ4v) is 4.77. The summed E-state index contributed by atoms with van der Waals surface area (Å²) in [6.07, 6.45) is 0.986. The second-order valence-electron chi connectivity index (χ2n) is 9.34. The van der Waals surface area contributed by atoms with Gasteiger partial charge in [-0.15, -0.1) is 0 Å². The number of aryl methyl sites for hydroxylation is 1.